The Balaban J connectivity index is 3.79. The van der Waals surface area contributed by atoms with Crippen LogP contribution >= 0.6 is 7.82 Å². The van der Waals surface area contributed by atoms with Crippen LogP contribution < -0.4 is 5.32 Å². The summed E-state index contributed by atoms with van der Waals surface area (Å²) in [6.45, 7) is 3.16. The molecule has 0 aliphatic rings. The van der Waals surface area contributed by atoms with Gasteiger partial charge < -0.3 is 20.1 Å². The molecular weight excluding hydrogens is 834 g/mol. The molecule has 362 valence electrons. The Morgan fingerprint density at radius 3 is 1.22 bits per heavy atom. The Hall–Kier alpha value is -4.37. The van der Waals surface area contributed by atoms with Crippen molar-refractivity contribution in [1.82, 2.24) is 5.32 Å². The average Bonchev–Trinajstić information content (AvgIpc) is 3.29. The second-order valence-electron chi connectivity index (χ2n) is 15.0. The summed E-state index contributed by atoms with van der Waals surface area (Å²) in [6.07, 6.45) is 71.8. The Kier molecular flexibility index (Phi) is 45.8. The summed E-state index contributed by atoms with van der Waals surface area (Å²) in [6, 6.07) is 0. The lowest BCUT2D eigenvalue weighted by Crippen LogP contribution is -2.27. The summed E-state index contributed by atoms with van der Waals surface area (Å²) in [4.78, 5) is 34.0. The van der Waals surface area contributed by atoms with Gasteiger partial charge in [-0.15, -0.1) is 0 Å². The molecule has 0 radical (unpaired) electrons. The van der Waals surface area contributed by atoms with Crippen molar-refractivity contribution in [3.8, 4) is 0 Å². The van der Waals surface area contributed by atoms with Crippen LogP contribution in [0, 0.1) is 0 Å². The standard InChI is InChI=1S/C55H84NO8P/c1-3-5-7-9-11-13-15-17-19-21-23-25-26-28-29-31-33-35-37-39-41-43-45-47-54(58)56-49-50-63-65(60,61)64-52-53(57)51-62-55(59)48-46-44-42-40-38-36-34-32-30-27-24-22-20-18-16-14-12-10-8-6-4-2/h5-8,11-14,17-20,23-25,27-29,32-35,38-41,53,57H,3-4,9-10,15-16,21-22,26,30-31,36-37,42-52H2,1-2H3,(H,56,58)(H,60,61)/b7-5-,8-6-,13-11-,14-12-,19-17-,20-18-,25-23-,27-24-,29-28-,34-32-,35-33-,40-38-,41-39-. The molecule has 0 aromatic heterocycles. The van der Waals surface area contributed by atoms with Gasteiger partial charge in [0.05, 0.1) is 13.2 Å². The van der Waals surface area contributed by atoms with E-state index in [0.29, 0.717) is 19.3 Å². The molecule has 3 N–H and O–H groups in total. The van der Waals surface area contributed by atoms with Crippen molar-refractivity contribution in [2.45, 2.75) is 148 Å². The molecule has 2 atom stereocenters. The molecule has 0 spiro atoms. The summed E-state index contributed by atoms with van der Waals surface area (Å²) in [7, 11) is -4.46. The van der Waals surface area contributed by atoms with E-state index in [1.54, 1.807) is 0 Å². The third-order valence-corrected chi connectivity index (χ3v) is 9.94. The van der Waals surface area contributed by atoms with Crippen molar-refractivity contribution in [3.63, 3.8) is 0 Å². The Bertz CT molecular complexity index is 1610. The van der Waals surface area contributed by atoms with Crippen LogP contribution in [0.1, 0.15) is 142 Å². The summed E-state index contributed by atoms with van der Waals surface area (Å²) < 4.78 is 26.9. The number of unbranched alkanes of at least 4 members (excludes halogenated alkanes) is 3. The van der Waals surface area contributed by atoms with Crippen molar-refractivity contribution in [2.24, 2.45) is 0 Å². The first-order valence-electron chi connectivity index (χ1n) is 24.0. The van der Waals surface area contributed by atoms with Crippen molar-refractivity contribution in [2.75, 3.05) is 26.4 Å². The zero-order valence-electron chi connectivity index (χ0n) is 39.9. The first kappa shape index (κ1) is 60.6. The van der Waals surface area contributed by atoms with E-state index in [9.17, 15) is 24.2 Å². The summed E-state index contributed by atoms with van der Waals surface area (Å²) in [5.74, 6) is -0.637. The minimum Gasteiger partial charge on any atom is -0.463 e. The Labute approximate surface area is 394 Å². The zero-order valence-corrected chi connectivity index (χ0v) is 40.7. The molecule has 1 amide bonds. The third-order valence-electron chi connectivity index (χ3n) is 8.95. The first-order valence-corrected chi connectivity index (χ1v) is 25.5. The molecule has 9 nitrogen and oxygen atoms in total. The quantitative estimate of drug-likeness (QED) is 0.0239. The lowest BCUT2D eigenvalue weighted by atomic mass is 10.2. The van der Waals surface area contributed by atoms with Crippen molar-refractivity contribution < 1.29 is 37.9 Å². The van der Waals surface area contributed by atoms with E-state index in [2.05, 4.69) is 177 Å². The number of nitrogens with one attached hydrogen (secondary N) is 1. The maximum atomic E-state index is 12.1. The van der Waals surface area contributed by atoms with Crippen LogP contribution in [-0.4, -0.2) is 54.3 Å². The molecule has 65 heavy (non-hydrogen) atoms. The highest BCUT2D eigenvalue weighted by molar-refractivity contribution is 7.47. The van der Waals surface area contributed by atoms with E-state index >= 15 is 0 Å². The fraction of sp³-hybridized carbons (Fsp3) is 0.491. The molecule has 0 bridgehead atoms. The molecule has 0 aliphatic carbocycles. The molecule has 0 aromatic rings. The van der Waals surface area contributed by atoms with Crippen molar-refractivity contribution >= 4 is 19.7 Å². The van der Waals surface area contributed by atoms with E-state index in [1.165, 1.54) is 0 Å². The van der Waals surface area contributed by atoms with E-state index in [-0.39, 0.29) is 32.1 Å². The molecule has 0 rings (SSSR count). The monoisotopic (exact) mass is 918 g/mol. The number of rotatable bonds is 42. The predicted octanol–water partition coefficient (Wildman–Crippen LogP) is 14.2. The molecule has 10 heteroatoms. The normalized spacial score (nSPS) is 14.6. The number of allylic oxidation sites excluding steroid dienone is 26. The Morgan fingerprint density at radius 2 is 0.831 bits per heavy atom. The van der Waals surface area contributed by atoms with E-state index < -0.39 is 26.5 Å². The van der Waals surface area contributed by atoms with Gasteiger partial charge in [-0.1, -0.05) is 172 Å². The predicted molar refractivity (Wildman–Crippen MR) is 274 cm³/mol. The van der Waals surface area contributed by atoms with E-state index in [4.69, 9.17) is 13.8 Å². The highest BCUT2D eigenvalue weighted by Gasteiger charge is 2.23. The lowest BCUT2D eigenvalue weighted by molar-refractivity contribution is -0.147. The van der Waals surface area contributed by atoms with Crippen LogP contribution in [0.3, 0.4) is 0 Å². The number of ether oxygens (including phenoxy) is 1. The van der Waals surface area contributed by atoms with Gasteiger partial charge in [0, 0.05) is 19.4 Å². The van der Waals surface area contributed by atoms with Crippen LogP contribution in [0.2, 0.25) is 0 Å². The van der Waals surface area contributed by atoms with Gasteiger partial charge in [0.1, 0.15) is 12.7 Å². The average molecular weight is 918 g/mol. The maximum absolute atomic E-state index is 12.1. The van der Waals surface area contributed by atoms with Gasteiger partial charge in [-0.05, 0) is 116 Å². The number of carbonyl (C=O) groups is 2. The van der Waals surface area contributed by atoms with E-state index in [0.717, 1.165) is 103 Å². The van der Waals surface area contributed by atoms with Crippen LogP contribution in [0.5, 0.6) is 0 Å². The fourth-order valence-electron chi connectivity index (χ4n) is 5.43. The van der Waals surface area contributed by atoms with Crippen LogP contribution in [0.4, 0.5) is 0 Å². The largest absolute Gasteiger partial charge is 0.472 e. The number of phosphoric acid groups is 1. The number of esters is 1. The van der Waals surface area contributed by atoms with Crippen LogP contribution in [0.25, 0.3) is 0 Å². The highest BCUT2D eigenvalue weighted by Crippen LogP contribution is 2.42. The Morgan fingerprint density at radius 1 is 0.477 bits per heavy atom. The molecule has 0 fully saturated rings. The molecular formula is C55H84NO8P. The number of amides is 1. The van der Waals surface area contributed by atoms with Crippen LogP contribution in [-0.2, 0) is 27.9 Å². The van der Waals surface area contributed by atoms with Crippen molar-refractivity contribution in [3.05, 3.63) is 158 Å². The topological polar surface area (TPSA) is 131 Å². The summed E-state index contributed by atoms with van der Waals surface area (Å²) >= 11 is 0. The number of aliphatic hydroxyl groups excluding tert-OH is 1. The van der Waals surface area contributed by atoms with Gasteiger partial charge >= 0.3 is 13.8 Å². The van der Waals surface area contributed by atoms with Gasteiger partial charge in [0.15, 0.2) is 0 Å². The third kappa shape index (κ3) is 50.5. The number of carbonyl (C=O) groups excluding carboxylic acids is 2. The van der Waals surface area contributed by atoms with Gasteiger partial charge in [-0.25, -0.2) is 4.57 Å². The number of hydrogen-bond donors (Lipinski definition) is 3. The van der Waals surface area contributed by atoms with Gasteiger partial charge in [0.25, 0.3) is 0 Å². The fourth-order valence-corrected chi connectivity index (χ4v) is 6.19. The number of hydrogen-bond acceptors (Lipinski definition) is 7. The van der Waals surface area contributed by atoms with Gasteiger partial charge in [0.2, 0.25) is 5.91 Å². The lowest BCUT2D eigenvalue weighted by Gasteiger charge is -2.15. The zero-order chi connectivity index (χ0) is 47.4. The minimum absolute atomic E-state index is 0.0333. The molecule has 2 unspecified atom stereocenters. The second-order valence-corrected chi connectivity index (χ2v) is 16.4. The molecule has 0 saturated heterocycles. The van der Waals surface area contributed by atoms with E-state index in [1.807, 2.05) is 0 Å². The molecule has 0 aromatic carbocycles. The number of aliphatic hydroxyl groups is 1. The maximum Gasteiger partial charge on any atom is 0.472 e. The van der Waals surface area contributed by atoms with Crippen molar-refractivity contribution in [1.29, 1.82) is 0 Å². The smallest absolute Gasteiger partial charge is 0.463 e. The second kappa shape index (κ2) is 49.1. The molecule has 0 aliphatic heterocycles. The molecule has 0 saturated carbocycles. The SMILES string of the molecule is CC/C=C\C/C=C\C/C=C\C/C=C\C/C=C\C/C=C\C/C=C\CCCC(=O)NCCOP(=O)(O)OCC(O)COC(=O)CCCC/C=C\C/C=C\C/C=C\C/C=C\C/C=C\C/C=C\CC. The summed E-state index contributed by atoms with van der Waals surface area (Å²) in [5, 5.41) is 12.7. The van der Waals surface area contributed by atoms with Gasteiger partial charge in [-0.2, -0.15) is 0 Å². The van der Waals surface area contributed by atoms with Crippen LogP contribution in [0.15, 0.2) is 158 Å². The minimum atomic E-state index is -4.46. The first-order chi connectivity index (χ1) is 31.8. The number of phosphoric ester groups is 1. The summed E-state index contributed by atoms with van der Waals surface area (Å²) in [5.41, 5.74) is 0. The van der Waals surface area contributed by atoms with Gasteiger partial charge in [-0.3, -0.25) is 18.6 Å². The highest BCUT2D eigenvalue weighted by atomic mass is 31.2. The molecule has 0 heterocycles.